The van der Waals surface area contributed by atoms with Crippen LogP contribution in [0.4, 0.5) is 5.95 Å². The largest absolute Gasteiger partial charge is 0.396 e. The molecule has 2 aromatic rings. The van der Waals surface area contributed by atoms with Gasteiger partial charge in [0.1, 0.15) is 5.52 Å². The van der Waals surface area contributed by atoms with E-state index in [0.29, 0.717) is 12.0 Å². The Morgan fingerprint density at radius 1 is 1.41 bits per heavy atom. The summed E-state index contributed by atoms with van der Waals surface area (Å²) in [5, 5.41) is 9.17. The molecule has 17 heavy (non-hydrogen) atoms. The summed E-state index contributed by atoms with van der Waals surface area (Å²) in [7, 11) is 0. The number of hydrogen-bond donors (Lipinski definition) is 2. The first-order chi connectivity index (χ1) is 8.28. The van der Waals surface area contributed by atoms with Crippen LogP contribution in [0.15, 0.2) is 12.5 Å². The molecule has 3 N–H and O–H groups in total. The molecule has 2 atom stereocenters. The first kappa shape index (κ1) is 10.5. The highest BCUT2D eigenvalue weighted by Gasteiger charge is 2.26. The van der Waals surface area contributed by atoms with Gasteiger partial charge in [-0.25, -0.2) is 9.97 Å². The number of fused-ring (bicyclic) bond motifs is 1. The van der Waals surface area contributed by atoms with E-state index in [1.165, 1.54) is 0 Å². The molecule has 0 saturated heterocycles. The van der Waals surface area contributed by atoms with Gasteiger partial charge in [0, 0.05) is 12.6 Å². The topological polar surface area (TPSA) is 89.8 Å². The summed E-state index contributed by atoms with van der Waals surface area (Å²) in [6, 6.07) is 0.367. The number of aromatic nitrogens is 4. The minimum absolute atomic E-state index is 0.264. The second-order valence-corrected chi connectivity index (χ2v) is 4.60. The molecule has 2 unspecified atom stereocenters. The Bertz CT molecular complexity index is 538. The second-order valence-electron chi connectivity index (χ2n) is 4.60. The third kappa shape index (κ3) is 1.74. The molecule has 0 aromatic carbocycles. The molecule has 0 spiro atoms. The summed E-state index contributed by atoms with van der Waals surface area (Å²) < 4.78 is 2.06. The summed E-state index contributed by atoms with van der Waals surface area (Å²) in [6.45, 7) is 0.264. The Kier molecular flexibility index (Phi) is 2.44. The lowest BCUT2D eigenvalue weighted by Crippen LogP contribution is -2.07. The molecule has 0 aliphatic heterocycles. The number of imidazole rings is 1. The van der Waals surface area contributed by atoms with Gasteiger partial charge < -0.3 is 15.4 Å². The first-order valence-electron chi connectivity index (χ1n) is 5.84. The van der Waals surface area contributed by atoms with Gasteiger partial charge in [-0.1, -0.05) is 0 Å². The fourth-order valence-corrected chi connectivity index (χ4v) is 2.57. The average Bonchev–Trinajstić information content (AvgIpc) is 2.93. The van der Waals surface area contributed by atoms with E-state index < -0.39 is 0 Å². The van der Waals surface area contributed by atoms with Gasteiger partial charge in [-0.3, -0.25) is 0 Å². The van der Waals surface area contributed by atoms with Crippen LogP contribution < -0.4 is 5.73 Å². The van der Waals surface area contributed by atoms with Crippen LogP contribution >= 0.6 is 0 Å². The second kappa shape index (κ2) is 3.96. The molecule has 0 radical (unpaired) electrons. The number of aliphatic hydroxyl groups is 1. The van der Waals surface area contributed by atoms with Gasteiger partial charge in [0.2, 0.25) is 5.95 Å². The Labute approximate surface area is 98.5 Å². The van der Waals surface area contributed by atoms with E-state index in [1.807, 2.05) is 0 Å². The zero-order valence-electron chi connectivity index (χ0n) is 9.45. The lowest BCUT2D eigenvalue weighted by atomic mass is 10.1. The van der Waals surface area contributed by atoms with Crippen LogP contribution in [0, 0.1) is 5.92 Å². The van der Waals surface area contributed by atoms with Crippen molar-refractivity contribution >= 4 is 17.1 Å². The van der Waals surface area contributed by atoms with Crippen molar-refractivity contribution in [2.45, 2.75) is 25.3 Å². The molecule has 2 aromatic heterocycles. The molecular weight excluding hydrogens is 218 g/mol. The van der Waals surface area contributed by atoms with Crippen LogP contribution in [-0.4, -0.2) is 31.2 Å². The molecule has 6 nitrogen and oxygen atoms in total. The van der Waals surface area contributed by atoms with Crippen molar-refractivity contribution in [3.63, 3.8) is 0 Å². The number of rotatable bonds is 2. The summed E-state index contributed by atoms with van der Waals surface area (Å²) >= 11 is 0. The summed E-state index contributed by atoms with van der Waals surface area (Å²) in [4.78, 5) is 12.4. The van der Waals surface area contributed by atoms with Crippen LogP contribution in [0.5, 0.6) is 0 Å². The van der Waals surface area contributed by atoms with Crippen molar-refractivity contribution in [3.05, 3.63) is 12.5 Å². The van der Waals surface area contributed by atoms with Crippen molar-refractivity contribution in [1.29, 1.82) is 0 Å². The zero-order chi connectivity index (χ0) is 11.8. The molecule has 2 heterocycles. The van der Waals surface area contributed by atoms with Crippen molar-refractivity contribution in [2.75, 3.05) is 12.3 Å². The van der Waals surface area contributed by atoms with Crippen molar-refractivity contribution in [3.8, 4) is 0 Å². The van der Waals surface area contributed by atoms with Crippen molar-refractivity contribution < 1.29 is 5.11 Å². The van der Waals surface area contributed by atoms with Crippen molar-refractivity contribution in [1.82, 2.24) is 19.5 Å². The third-order valence-corrected chi connectivity index (χ3v) is 3.50. The van der Waals surface area contributed by atoms with Crippen LogP contribution in [0.2, 0.25) is 0 Å². The summed E-state index contributed by atoms with van der Waals surface area (Å²) in [5.74, 6) is 0.674. The molecular formula is C11H15N5O. The average molecular weight is 233 g/mol. The van der Waals surface area contributed by atoms with Gasteiger partial charge in [-0.2, -0.15) is 4.98 Å². The fourth-order valence-electron chi connectivity index (χ4n) is 2.57. The van der Waals surface area contributed by atoms with Crippen molar-refractivity contribution in [2.24, 2.45) is 5.92 Å². The third-order valence-electron chi connectivity index (χ3n) is 3.50. The highest BCUT2D eigenvalue weighted by molar-refractivity contribution is 5.70. The number of anilines is 1. The SMILES string of the molecule is Nc1ncc2ncn(C3CCC(CO)C3)c2n1. The number of hydrogen-bond acceptors (Lipinski definition) is 5. The van der Waals surface area contributed by atoms with Gasteiger partial charge >= 0.3 is 0 Å². The smallest absolute Gasteiger partial charge is 0.222 e. The minimum atomic E-state index is 0.264. The monoisotopic (exact) mass is 233 g/mol. The summed E-state index contributed by atoms with van der Waals surface area (Å²) in [6.07, 6.45) is 6.53. The van der Waals surface area contributed by atoms with E-state index in [0.717, 1.165) is 30.4 Å². The Morgan fingerprint density at radius 3 is 3.06 bits per heavy atom. The predicted molar refractivity (Wildman–Crippen MR) is 63.2 cm³/mol. The lowest BCUT2D eigenvalue weighted by molar-refractivity contribution is 0.226. The molecule has 1 aliphatic rings. The quantitative estimate of drug-likeness (QED) is 0.798. The number of aliphatic hydroxyl groups excluding tert-OH is 1. The lowest BCUT2D eigenvalue weighted by Gasteiger charge is -2.12. The van der Waals surface area contributed by atoms with E-state index in [1.54, 1.807) is 12.5 Å². The number of nitrogens with zero attached hydrogens (tertiary/aromatic N) is 4. The maximum absolute atomic E-state index is 9.17. The fraction of sp³-hybridized carbons (Fsp3) is 0.545. The zero-order valence-corrected chi connectivity index (χ0v) is 9.45. The molecule has 6 heteroatoms. The number of nitrogens with two attached hydrogens (primary N) is 1. The van der Waals surface area contributed by atoms with E-state index in [9.17, 15) is 0 Å². The van der Waals surface area contributed by atoms with Crippen LogP contribution in [0.1, 0.15) is 25.3 Å². The van der Waals surface area contributed by atoms with Gasteiger partial charge in [-0.05, 0) is 25.2 Å². The highest BCUT2D eigenvalue weighted by Crippen LogP contribution is 2.35. The normalized spacial score (nSPS) is 24.5. The highest BCUT2D eigenvalue weighted by atomic mass is 16.3. The maximum Gasteiger partial charge on any atom is 0.222 e. The molecule has 0 amide bonds. The minimum Gasteiger partial charge on any atom is -0.396 e. The van der Waals surface area contributed by atoms with E-state index >= 15 is 0 Å². The first-order valence-corrected chi connectivity index (χ1v) is 5.84. The van der Waals surface area contributed by atoms with Gasteiger partial charge in [0.15, 0.2) is 5.65 Å². The van der Waals surface area contributed by atoms with Gasteiger partial charge in [-0.15, -0.1) is 0 Å². The molecule has 1 aliphatic carbocycles. The van der Waals surface area contributed by atoms with E-state index in [2.05, 4.69) is 19.5 Å². The maximum atomic E-state index is 9.17. The van der Waals surface area contributed by atoms with Gasteiger partial charge in [0.05, 0.1) is 12.5 Å². The summed E-state index contributed by atoms with van der Waals surface area (Å²) in [5.41, 5.74) is 7.16. The Balaban J connectivity index is 1.98. The Morgan fingerprint density at radius 2 is 2.29 bits per heavy atom. The molecule has 1 fully saturated rings. The standard InChI is InChI=1S/C11H15N5O/c12-11-13-4-9-10(15-11)16(6-14-9)8-2-1-7(3-8)5-17/h4,6-8,17H,1-3,5H2,(H2,12,13,15). The Hall–Kier alpha value is -1.69. The molecule has 3 rings (SSSR count). The predicted octanol–water partition coefficient (Wildman–Crippen LogP) is 0.742. The van der Waals surface area contributed by atoms with E-state index in [-0.39, 0.29) is 12.6 Å². The van der Waals surface area contributed by atoms with Gasteiger partial charge in [0.25, 0.3) is 0 Å². The van der Waals surface area contributed by atoms with Crippen LogP contribution in [0.3, 0.4) is 0 Å². The molecule has 90 valence electrons. The molecule has 1 saturated carbocycles. The van der Waals surface area contributed by atoms with Crippen LogP contribution in [0.25, 0.3) is 11.2 Å². The molecule has 0 bridgehead atoms. The van der Waals surface area contributed by atoms with E-state index in [4.69, 9.17) is 10.8 Å². The van der Waals surface area contributed by atoms with Crippen LogP contribution in [-0.2, 0) is 0 Å². The number of nitrogen functional groups attached to an aromatic ring is 1.